The second-order valence-electron chi connectivity index (χ2n) is 5.71. The Kier molecular flexibility index (Phi) is 5.26. The van der Waals surface area contributed by atoms with Crippen LogP contribution in [0.3, 0.4) is 0 Å². The van der Waals surface area contributed by atoms with E-state index in [-0.39, 0.29) is 31.3 Å². The van der Waals surface area contributed by atoms with E-state index in [2.05, 4.69) is 0 Å². The molecule has 0 atom stereocenters. The highest BCUT2D eigenvalue weighted by atomic mass is 16.5. The molecule has 0 saturated heterocycles. The van der Waals surface area contributed by atoms with Gasteiger partial charge in [-0.2, -0.15) is 0 Å². The Morgan fingerprint density at radius 3 is 2.81 bits per heavy atom. The summed E-state index contributed by atoms with van der Waals surface area (Å²) >= 11 is 0. The number of phenolic OH excluding ortho intramolecular Hbond substituents is 1. The van der Waals surface area contributed by atoms with Crippen LogP contribution >= 0.6 is 0 Å². The molecule has 0 aliphatic rings. The molecule has 1 aromatic heterocycles. The van der Waals surface area contributed by atoms with Gasteiger partial charge in [0.1, 0.15) is 6.61 Å². The molecular formula is C19H19NO6. The van der Waals surface area contributed by atoms with E-state index in [4.69, 9.17) is 13.9 Å². The number of hydrogen-bond acceptors (Lipinski definition) is 6. The number of rotatable bonds is 7. The first-order valence-corrected chi connectivity index (χ1v) is 8.18. The van der Waals surface area contributed by atoms with Gasteiger partial charge in [-0.3, -0.25) is 9.36 Å². The Morgan fingerprint density at radius 1 is 1.23 bits per heavy atom. The Morgan fingerprint density at radius 2 is 2.04 bits per heavy atom. The molecule has 0 fully saturated rings. The molecule has 7 nitrogen and oxygen atoms in total. The summed E-state index contributed by atoms with van der Waals surface area (Å²) < 4.78 is 16.7. The molecule has 0 saturated carbocycles. The number of fused-ring (bicyclic) bond motifs is 1. The SMILES string of the molecule is COc1ccc(CCC(=O)OCCn2c(=O)oc3ccccc32)cc1O. The molecule has 0 unspecified atom stereocenters. The van der Waals surface area contributed by atoms with E-state index >= 15 is 0 Å². The number of carbonyl (C=O) groups excluding carboxylic acids is 1. The van der Waals surface area contributed by atoms with E-state index in [9.17, 15) is 14.7 Å². The summed E-state index contributed by atoms with van der Waals surface area (Å²) in [6.07, 6.45) is 0.609. The minimum absolute atomic E-state index is 0.0320. The number of phenols is 1. The van der Waals surface area contributed by atoms with Crippen molar-refractivity contribution >= 4 is 17.1 Å². The van der Waals surface area contributed by atoms with Crippen LogP contribution in [0.15, 0.2) is 51.7 Å². The number of aryl methyl sites for hydroxylation is 1. The average molecular weight is 357 g/mol. The maximum absolute atomic E-state index is 11.9. The van der Waals surface area contributed by atoms with Crippen molar-refractivity contribution in [2.75, 3.05) is 13.7 Å². The summed E-state index contributed by atoms with van der Waals surface area (Å²) in [5.74, 6) is -0.434. The monoisotopic (exact) mass is 357 g/mol. The molecule has 0 radical (unpaired) electrons. The quantitative estimate of drug-likeness (QED) is 0.653. The molecule has 0 amide bonds. The third-order valence-electron chi connectivity index (χ3n) is 4.01. The first-order chi connectivity index (χ1) is 12.6. The molecule has 26 heavy (non-hydrogen) atoms. The third kappa shape index (κ3) is 3.88. The Labute approximate surface area is 149 Å². The van der Waals surface area contributed by atoms with Crippen molar-refractivity contribution < 1.29 is 23.8 Å². The summed E-state index contributed by atoms with van der Waals surface area (Å²) in [7, 11) is 1.47. The number of aromatic nitrogens is 1. The molecule has 0 aliphatic carbocycles. The largest absolute Gasteiger partial charge is 0.504 e. The predicted molar refractivity (Wildman–Crippen MR) is 94.4 cm³/mol. The van der Waals surface area contributed by atoms with Crippen molar-refractivity contribution in [3.63, 3.8) is 0 Å². The van der Waals surface area contributed by atoms with E-state index in [1.54, 1.807) is 36.4 Å². The van der Waals surface area contributed by atoms with Gasteiger partial charge in [-0.1, -0.05) is 18.2 Å². The van der Waals surface area contributed by atoms with Crippen molar-refractivity contribution in [1.29, 1.82) is 0 Å². The van der Waals surface area contributed by atoms with Gasteiger partial charge >= 0.3 is 11.7 Å². The van der Waals surface area contributed by atoms with E-state index < -0.39 is 5.76 Å². The van der Waals surface area contributed by atoms with Crippen molar-refractivity contribution in [3.05, 3.63) is 58.6 Å². The van der Waals surface area contributed by atoms with E-state index in [0.717, 1.165) is 5.56 Å². The second kappa shape index (κ2) is 7.77. The van der Waals surface area contributed by atoms with Crippen LogP contribution in [0.1, 0.15) is 12.0 Å². The van der Waals surface area contributed by atoms with Gasteiger partial charge in [0.15, 0.2) is 17.1 Å². The van der Waals surface area contributed by atoms with Gasteiger partial charge in [0.05, 0.1) is 19.2 Å². The highest BCUT2D eigenvalue weighted by molar-refractivity contribution is 5.72. The summed E-state index contributed by atoms with van der Waals surface area (Å²) in [4.78, 5) is 23.7. The first-order valence-electron chi connectivity index (χ1n) is 8.18. The molecule has 136 valence electrons. The number of esters is 1. The van der Waals surface area contributed by atoms with Crippen molar-refractivity contribution in [3.8, 4) is 11.5 Å². The molecule has 7 heteroatoms. The molecule has 1 N–H and O–H groups in total. The fourth-order valence-corrected chi connectivity index (χ4v) is 2.69. The number of ether oxygens (including phenoxy) is 2. The normalized spacial score (nSPS) is 10.8. The van der Waals surface area contributed by atoms with Gasteiger partial charge in [0.25, 0.3) is 0 Å². The number of para-hydroxylation sites is 2. The van der Waals surface area contributed by atoms with Crippen LogP contribution < -0.4 is 10.5 Å². The van der Waals surface area contributed by atoms with Crippen molar-refractivity contribution in [2.45, 2.75) is 19.4 Å². The van der Waals surface area contributed by atoms with E-state index in [0.29, 0.717) is 23.3 Å². The van der Waals surface area contributed by atoms with E-state index in [1.807, 2.05) is 6.07 Å². The van der Waals surface area contributed by atoms with Crippen LogP contribution in [-0.2, 0) is 22.5 Å². The second-order valence-corrected chi connectivity index (χ2v) is 5.71. The summed E-state index contributed by atoms with van der Waals surface area (Å²) in [5, 5.41) is 9.73. The van der Waals surface area contributed by atoms with Crippen LogP contribution in [0.25, 0.3) is 11.1 Å². The van der Waals surface area contributed by atoms with Gasteiger partial charge < -0.3 is 19.0 Å². The number of aromatic hydroxyl groups is 1. The lowest BCUT2D eigenvalue weighted by atomic mass is 10.1. The Balaban J connectivity index is 1.50. The number of oxazole rings is 1. The third-order valence-corrected chi connectivity index (χ3v) is 4.01. The number of methoxy groups -OCH3 is 1. The lowest BCUT2D eigenvalue weighted by Crippen LogP contribution is -2.19. The van der Waals surface area contributed by atoms with Gasteiger partial charge in [-0.25, -0.2) is 4.79 Å². The minimum atomic E-state index is -0.476. The number of nitrogens with zero attached hydrogens (tertiary/aromatic N) is 1. The smallest absolute Gasteiger partial charge is 0.420 e. The Bertz CT molecular complexity index is 972. The van der Waals surface area contributed by atoms with Crippen LogP contribution in [0.5, 0.6) is 11.5 Å². The molecular weight excluding hydrogens is 338 g/mol. The maximum Gasteiger partial charge on any atom is 0.420 e. The highest BCUT2D eigenvalue weighted by Gasteiger charge is 2.10. The maximum atomic E-state index is 11.9. The molecule has 0 bridgehead atoms. The molecule has 2 aromatic carbocycles. The van der Waals surface area contributed by atoms with Crippen molar-refractivity contribution in [1.82, 2.24) is 4.57 Å². The van der Waals surface area contributed by atoms with Crippen LogP contribution in [-0.4, -0.2) is 29.4 Å². The van der Waals surface area contributed by atoms with Gasteiger partial charge in [0.2, 0.25) is 0 Å². The van der Waals surface area contributed by atoms with Crippen LogP contribution in [0.4, 0.5) is 0 Å². The first kappa shape index (κ1) is 17.6. The van der Waals surface area contributed by atoms with Gasteiger partial charge in [0, 0.05) is 6.42 Å². The minimum Gasteiger partial charge on any atom is -0.504 e. The predicted octanol–water partition coefficient (Wildman–Crippen LogP) is 2.48. The van der Waals surface area contributed by atoms with Crippen LogP contribution in [0.2, 0.25) is 0 Å². The van der Waals surface area contributed by atoms with Crippen molar-refractivity contribution in [2.24, 2.45) is 0 Å². The fraction of sp³-hybridized carbons (Fsp3) is 0.263. The lowest BCUT2D eigenvalue weighted by molar-refractivity contribution is -0.143. The lowest BCUT2D eigenvalue weighted by Gasteiger charge is -2.07. The zero-order valence-corrected chi connectivity index (χ0v) is 14.3. The number of carbonyl (C=O) groups is 1. The number of benzene rings is 2. The topological polar surface area (TPSA) is 90.9 Å². The number of hydrogen-bond donors (Lipinski definition) is 1. The average Bonchev–Trinajstić information content (AvgIpc) is 2.95. The van der Waals surface area contributed by atoms with Gasteiger partial charge in [-0.15, -0.1) is 0 Å². The summed E-state index contributed by atoms with van der Waals surface area (Å²) in [5.41, 5.74) is 1.97. The molecule has 3 rings (SSSR count). The molecule has 0 aliphatic heterocycles. The van der Waals surface area contributed by atoms with Crippen LogP contribution in [0, 0.1) is 0 Å². The summed E-state index contributed by atoms with van der Waals surface area (Å²) in [6, 6.07) is 12.1. The highest BCUT2D eigenvalue weighted by Crippen LogP contribution is 2.26. The molecule has 3 aromatic rings. The molecule has 1 heterocycles. The zero-order chi connectivity index (χ0) is 18.5. The molecule has 0 spiro atoms. The van der Waals surface area contributed by atoms with E-state index in [1.165, 1.54) is 11.7 Å². The Hall–Kier alpha value is -3.22. The van der Waals surface area contributed by atoms with Gasteiger partial charge in [-0.05, 0) is 36.2 Å². The standard InChI is InChI=1S/C19H19NO6/c1-24-17-8-6-13(12-15(17)21)7-9-18(22)25-11-10-20-14-4-2-3-5-16(14)26-19(20)23/h2-6,8,12,21H,7,9-11H2,1H3. The summed E-state index contributed by atoms with van der Waals surface area (Å²) in [6.45, 7) is 0.307. The zero-order valence-electron chi connectivity index (χ0n) is 14.3. The fourth-order valence-electron chi connectivity index (χ4n) is 2.69.